The third-order valence-electron chi connectivity index (χ3n) is 3.12. The van der Waals surface area contributed by atoms with E-state index in [1.807, 2.05) is 6.08 Å². The lowest BCUT2D eigenvalue weighted by molar-refractivity contribution is -0.153. The Morgan fingerprint density at radius 2 is 2.11 bits per heavy atom. The van der Waals surface area contributed by atoms with Gasteiger partial charge in [0.15, 0.2) is 0 Å². The molecule has 6 heteroatoms. The maximum absolute atomic E-state index is 11.4. The van der Waals surface area contributed by atoms with E-state index < -0.39 is 11.4 Å². The van der Waals surface area contributed by atoms with Gasteiger partial charge < -0.3 is 15.7 Å². The lowest BCUT2D eigenvalue weighted by atomic mass is 9.69. The van der Waals surface area contributed by atoms with Crippen molar-refractivity contribution in [3.8, 4) is 0 Å². The lowest BCUT2D eigenvalue weighted by Crippen LogP contribution is -2.49. The molecule has 0 aliphatic heterocycles. The number of amides is 2. The number of hydrogen-bond donors (Lipinski definition) is 3. The van der Waals surface area contributed by atoms with Crippen LogP contribution in [0.25, 0.3) is 0 Å². The second-order valence-corrected chi connectivity index (χ2v) is 5.56. The van der Waals surface area contributed by atoms with E-state index in [1.54, 1.807) is 11.8 Å². The minimum atomic E-state index is -0.810. The van der Waals surface area contributed by atoms with Gasteiger partial charge in [-0.25, -0.2) is 4.79 Å². The average molecular weight is 272 g/mol. The van der Waals surface area contributed by atoms with E-state index in [-0.39, 0.29) is 12.6 Å². The maximum Gasteiger partial charge on any atom is 0.314 e. The molecule has 102 valence electrons. The quantitative estimate of drug-likeness (QED) is 0.462. The van der Waals surface area contributed by atoms with Gasteiger partial charge in [0.25, 0.3) is 0 Å². The van der Waals surface area contributed by atoms with Crippen molar-refractivity contribution in [2.75, 3.05) is 24.6 Å². The Balaban J connectivity index is 2.13. The molecule has 18 heavy (non-hydrogen) atoms. The predicted molar refractivity (Wildman–Crippen MR) is 72.8 cm³/mol. The maximum atomic E-state index is 11.4. The number of nitrogens with one attached hydrogen (secondary N) is 2. The molecule has 0 radical (unpaired) electrons. The Hall–Kier alpha value is -1.17. The molecule has 2 amide bonds. The third-order valence-corrected chi connectivity index (χ3v) is 4.08. The third kappa shape index (κ3) is 4.25. The molecule has 3 N–H and O–H groups in total. The Morgan fingerprint density at radius 3 is 2.61 bits per heavy atom. The monoisotopic (exact) mass is 272 g/mol. The Labute approximate surface area is 111 Å². The molecule has 0 unspecified atom stereocenters. The van der Waals surface area contributed by atoms with Crippen LogP contribution in [0.5, 0.6) is 0 Å². The summed E-state index contributed by atoms with van der Waals surface area (Å²) in [4.78, 5) is 22.5. The van der Waals surface area contributed by atoms with Crippen molar-refractivity contribution < 1.29 is 14.7 Å². The van der Waals surface area contributed by atoms with Crippen molar-refractivity contribution in [3.05, 3.63) is 12.7 Å². The lowest BCUT2D eigenvalue weighted by Gasteiger charge is -2.37. The van der Waals surface area contributed by atoms with Crippen LogP contribution in [-0.4, -0.2) is 41.7 Å². The number of rotatable bonds is 8. The van der Waals surface area contributed by atoms with E-state index in [0.717, 1.165) is 17.9 Å². The molecule has 1 aliphatic carbocycles. The molecular formula is C12H20N2O3S. The molecule has 0 spiro atoms. The van der Waals surface area contributed by atoms with E-state index in [1.165, 1.54) is 0 Å². The Kier molecular flexibility index (Phi) is 6.04. The zero-order valence-corrected chi connectivity index (χ0v) is 11.2. The van der Waals surface area contributed by atoms with Crippen LogP contribution in [0, 0.1) is 5.41 Å². The molecular weight excluding hydrogens is 252 g/mol. The minimum absolute atomic E-state index is 0.216. The summed E-state index contributed by atoms with van der Waals surface area (Å²) < 4.78 is 0. The summed E-state index contributed by atoms with van der Waals surface area (Å²) in [5, 5.41) is 14.4. The summed E-state index contributed by atoms with van der Waals surface area (Å²) in [5.41, 5.74) is -0.727. The molecule has 0 heterocycles. The highest BCUT2D eigenvalue weighted by Gasteiger charge is 2.44. The molecule has 0 saturated heterocycles. The van der Waals surface area contributed by atoms with Crippen molar-refractivity contribution in [1.82, 2.24) is 10.6 Å². The smallest absolute Gasteiger partial charge is 0.314 e. The van der Waals surface area contributed by atoms with Crippen LogP contribution in [0.2, 0.25) is 0 Å². The second kappa shape index (κ2) is 7.31. The van der Waals surface area contributed by atoms with Crippen LogP contribution in [0.15, 0.2) is 12.7 Å². The topological polar surface area (TPSA) is 78.4 Å². The van der Waals surface area contributed by atoms with Gasteiger partial charge >= 0.3 is 12.0 Å². The van der Waals surface area contributed by atoms with Crippen LogP contribution in [-0.2, 0) is 4.79 Å². The molecule has 1 aliphatic rings. The largest absolute Gasteiger partial charge is 0.481 e. The summed E-state index contributed by atoms with van der Waals surface area (Å²) in [6.07, 6.45) is 4.04. The van der Waals surface area contributed by atoms with E-state index >= 15 is 0 Å². The number of aliphatic carboxylic acids is 1. The zero-order valence-electron chi connectivity index (χ0n) is 10.4. The van der Waals surface area contributed by atoms with Gasteiger partial charge in [-0.2, -0.15) is 11.8 Å². The number of carboxylic acids is 1. The van der Waals surface area contributed by atoms with Gasteiger partial charge in [-0.3, -0.25) is 4.79 Å². The van der Waals surface area contributed by atoms with E-state index in [2.05, 4.69) is 17.2 Å². The molecule has 0 aromatic heterocycles. The minimum Gasteiger partial charge on any atom is -0.481 e. The summed E-state index contributed by atoms with van der Waals surface area (Å²) in [5.74, 6) is 0.880. The average Bonchev–Trinajstić information content (AvgIpc) is 2.27. The van der Waals surface area contributed by atoms with Gasteiger partial charge in [-0.15, -0.1) is 6.58 Å². The normalized spacial score (nSPS) is 16.4. The van der Waals surface area contributed by atoms with Gasteiger partial charge in [0, 0.05) is 24.6 Å². The SMILES string of the molecule is C=CCSCCNC(=O)NCC1(C(=O)O)CCC1. The molecule has 1 saturated carbocycles. The standard InChI is InChI=1S/C12H20N2O3S/c1-2-7-18-8-6-13-11(17)14-9-12(10(15)16)4-3-5-12/h2H,1,3-9H2,(H,15,16)(H2,13,14,17). The zero-order chi connectivity index (χ0) is 13.4. The number of urea groups is 1. The van der Waals surface area contributed by atoms with Gasteiger partial charge in [0.2, 0.25) is 0 Å². The summed E-state index contributed by atoms with van der Waals surface area (Å²) in [6, 6.07) is -0.290. The number of carbonyl (C=O) groups is 2. The van der Waals surface area contributed by atoms with E-state index in [4.69, 9.17) is 5.11 Å². The number of hydrogen-bond acceptors (Lipinski definition) is 3. The molecule has 1 fully saturated rings. The summed E-state index contributed by atoms with van der Waals surface area (Å²) in [6.45, 7) is 4.40. The van der Waals surface area contributed by atoms with Gasteiger partial charge in [0.1, 0.15) is 0 Å². The van der Waals surface area contributed by atoms with Crippen LogP contribution >= 0.6 is 11.8 Å². The first-order chi connectivity index (χ1) is 8.60. The Bertz CT molecular complexity index is 316. The first kappa shape index (κ1) is 14.9. The molecule has 5 nitrogen and oxygen atoms in total. The van der Waals surface area contributed by atoms with Crippen LogP contribution in [0.3, 0.4) is 0 Å². The van der Waals surface area contributed by atoms with E-state index in [0.29, 0.717) is 19.4 Å². The van der Waals surface area contributed by atoms with Crippen LogP contribution < -0.4 is 10.6 Å². The van der Waals surface area contributed by atoms with Crippen molar-refractivity contribution in [2.45, 2.75) is 19.3 Å². The number of thioether (sulfide) groups is 1. The molecule has 0 atom stereocenters. The number of carbonyl (C=O) groups excluding carboxylic acids is 1. The fourth-order valence-electron chi connectivity index (χ4n) is 1.79. The highest BCUT2D eigenvalue weighted by Crippen LogP contribution is 2.40. The molecule has 0 aromatic carbocycles. The summed E-state index contributed by atoms with van der Waals surface area (Å²) in [7, 11) is 0. The molecule has 0 bridgehead atoms. The van der Waals surface area contributed by atoms with Gasteiger partial charge in [0.05, 0.1) is 5.41 Å². The fraction of sp³-hybridized carbons (Fsp3) is 0.667. The van der Waals surface area contributed by atoms with Crippen LogP contribution in [0.1, 0.15) is 19.3 Å². The van der Waals surface area contributed by atoms with Gasteiger partial charge in [-0.1, -0.05) is 12.5 Å². The highest BCUT2D eigenvalue weighted by atomic mass is 32.2. The van der Waals surface area contributed by atoms with Crippen LogP contribution in [0.4, 0.5) is 4.79 Å². The van der Waals surface area contributed by atoms with Crippen molar-refractivity contribution in [1.29, 1.82) is 0 Å². The van der Waals surface area contributed by atoms with Gasteiger partial charge in [-0.05, 0) is 12.8 Å². The predicted octanol–water partition coefficient (Wildman–Crippen LogP) is 1.46. The van der Waals surface area contributed by atoms with Crippen molar-refractivity contribution in [3.63, 3.8) is 0 Å². The fourth-order valence-corrected chi connectivity index (χ4v) is 2.36. The second-order valence-electron chi connectivity index (χ2n) is 4.41. The van der Waals surface area contributed by atoms with Crippen molar-refractivity contribution >= 4 is 23.8 Å². The summed E-state index contributed by atoms with van der Waals surface area (Å²) >= 11 is 1.68. The first-order valence-electron chi connectivity index (χ1n) is 6.04. The Morgan fingerprint density at radius 1 is 1.39 bits per heavy atom. The number of carboxylic acid groups (broad SMARTS) is 1. The van der Waals surface area contributed by atoms with Crippen molar-refractivity contribution in [2.24, 2.45) is 5.41 Å². The van der Waals surface area contributed by atoms with E-state index in [9.17, 15) is 9.59 Å². The molecule has 0 aromatic rings. The molecule has 1 rings (SSSR count). The first-order valence-corrected chi connectivity index (χ1v) is 7.20. The highest BCUT2D eigenvalue weighted by molar-refractivity contribution is 7.99.